The number of aromatic amines is 1. The number of carbonyl (C=O) groups excluding carboxylic acids is 1. The summed E-state index contributed by atoms with van der Waals surface area (Å²) in [4.78, 5) is 24.1. The first-order valence-corrected chi connectivity index (χ1v) is 8.12. The second-order valence-electron chi connectivity index (χ2n) is 5.21. The van der Waals surface area contributed by atoms with Crippen molar-refractivity contribution < 1.29 is 14.7 Å². The third-order valence-corrected chi connectivity index (χ3v) is 4.87. The third-order valence-electron chi connectivity index (χ3n) is 3.50. The minimum absolute atomic E-state index is 0.121. The van der Waals surface area contributed by atoms with Crippen molar-refractivity contribution in [2.75, 3.05) is 0 Å². The third kappa shape index (κ3) is 3.15. The number of H-pyrrole nitrogens is 1. The molecule has 2 heterocycles. The van der Waals surface area contributed by atoms with Gasteiger partial charge in [0.1, 0.15) is 0 Å². The number of aromatic nitrogens is 2. The number of rotatable bonds is 6. The highest BCUT2D eigenvalue weighted by Gasteiger charge is 2.31. The zero-order valence-corrected chi connectivity index (χ0v) is 13.1. The van der Waals surface area contributed by atoms with Crippen molar-refractivity contribution in [3.8, 4) is 0 Å². The van der Waals surface area contributed by atoms with Crippen molar-refractivity contribution >= 4 is 34.8 Å². The molecular weight excluding hydrogens is 326 g/mol. The molecule has 1 amide bonds. The van der Waals surface area contributed by atoms with Crippen molar-refractivity contribution in [2.45, 2.75) is 31.2 Å². The average molecular weight is 340 g/mol. The lowest BCUT2D eigenvalue weighted by Crippen LogP contribution is -2.30. The molecule has 0 spiro atoms. The van der Waals surface area contributed by atoms with Crippen molar-refractivity contribution in [1.82, 2.24) is 15.5 Å². The molecule has 2 aromatic rings. The Morgan fingerprint density at radius 2 is 2.32 bits per heavy atom. The van der Waals surface area contributed by atoms with Crippen LogP contribution in [0.5, 0.6) is 0 Å². The van der Waals surface area contributed by atoms with Crippen molar-refractivity contribution in [1.29, 1.82) is 0 Å². The van der Waals surface area contributed by atoms with E-state index >= 15 is 0 Å². The van der Waals surface area contributed by atoms with Crippen molar-refractivity contribution in [3.63, 3.8) is 0 Å². The molecule has 3 rings (SSSR count). The van der Waals surface area contributed by atoms with E-state index in [0.29, 0.717) is 10.9 Å². The number of hydrogen-bond acceptors (Lipinski definition) is 4. The molecule has 1 atom stereocenters. The lowest BCUT2D eigenvalue weighted by atomic mass is 10.1. The monoisotopic (exact) mass is 339 g/mol. The van der Waals surface area contributed by atoms with E-state index in [-0.39, 0.29) is 12.1 Å². The van der Waals surface area contributed by atoms with Crippen LogP contribution in [-0.2, 0) is 4.79 Å². The van der Waals surface area contributed by atoms with E-state index in [0.717, 1.165) is 23.4 Å². The highest BCUT2D eigenvalue weighted by atomic mass is 35.5. The van der Waals surface area contributed by atoms with Gasteiger partial charge in [-0.2, -0.15) is 5.10 Å². The highest BCUT2D eigenvalue weighted by molar-refractivity contribution is 7.10. The van der Waals surface area contributed by atoms with Crippen LogP contribution in [0.15, 0.2) is 17.5 Å². The fourth-order valence-corrected chi connectivity index (χ4v) is 3.35. The summed E-state index contributed by atoms with van der Waals surface area (Å²) in [5, 5.41) is 20.7. The normalized spacial score (nSPS) is 15.5. The number of carbonyl (C=O) groups is 2. The number of halogens is 1. The van der Waals surface area contributed by atoms with Crippen LogP contribution in [-0.4, -0.2) is 27.2 Å². The Morgan fingerprint density at radius 3 is 2.91 bits per heavy atom. The number of carboxylic acids is 1. The van der Waals surface area contributed by atoms with Gasteiger partial charge in [-0.1, -0.05) is 17.7 Å². The Hall–Kier alpha value is -1.86. The fourth-order valence-electron chi connectivity index (χ4n) is 2.25. The molecule has 3 N–H and O–H groups in total. The summed E-state index contributed by atoms with van der Waals surface area (Å²) < 4.78 is 0. The molecule has 1 fully saturated rings. The molecule has 0 bridgehead atoms. The molecule has 0 saturated heterocycles. The minimum atomic E-state index is -0.981. The van der Waals surface area contributed by atoms with E-state index in [2.05, 4.69) is 15.5 Å². The maximum absolute atomic E-state index is 12.3. The maximum Gasteiger partial charge on any atom is 0.305 e. The molecule has 1 aliphatic carbocycles. The van der Waals surface area contributed by atoms with Crippen LogP contribution in [0.4, 0.5) is 0 Å². The van der Waals surface area contributed by atoms with Gasteiger partial charge >= 0.3 is 5.97 Å². The van der Waals surface area contributed by atoms with Crippen LogP contribution in [0.3, 0.4) is 0 Å². The molecule has 1 aliphatic rings. The smallest absolute Gasteiger partial charge is 0.305 e. The van der Waals surface area contributed by atoms with Gasteiger partial charge in [-0.05, 0) is 24.3 Å². The predicted molar refractivity (Wildman–Crippen MR) is 82.4 cm³/mol. The van der Waals surface area contributed by atoms with Gasteiger partial charge < -0.3 is 10.4 Å². The number of hydrogen-bond donors (Lipinski definition) is 3. The van der Waals surface area contributed by atoms with E-state index in [1.165, 1.54) is 11.3 Å². The van der Waals surface area contributed by atoms with Crippen LogP contribution < -0.4 is 5.32 Å². The standard InChI is InChI=1S/C14H14ClN3O3S/c15-11-12(7-3-4-7)17-18-13(11)14(21)16-8(6-10(19)20)9-2-1-5-22-9/h1-2,5,7-8H,3-4,6H2,(H,16,21)(H,17,18)(H,19,20)/t8-/m0/s1. The number of nitrogens with one attached hydrogen (secondary N) is 2. The number of thiophene rings is 1. The van der Waals surface area contributed by atoms with E-state index in [9.17, 15) is 9.59 Å². The second-order valence-corrected chi connectivity index (χ2v) is 6.57. The van der Waals surface area contributed by atoms with E-state index in [1.54, 1.807) is 6.07 Å². The fraction of sp³-hybridized carbons (Fsp3) is 0.357. The number of amides is 1. The average Bonchev–Trinajstić information content (AvgIpc) is 3.00. The molecule has 22 heavy (non-hydrogen) atoms. The van der Waals surface area contributed by atoms with Gasteiger partial charge in [0.15, 0.2) is 5.69 Å². The molecule has 0 unspecified atom stereocenters. The second kappa shape index (κ2) is 6.10. The first-order chi connectivity index (χ1) is 10.6. The molecule has 0 aliphatic heterocycles. The van der Waals surface area contributed by atoms with Gasteiger partial charge in [0, 0.05) is 10.8 Å². The van der Waals surface area contributed by atoms with Gasteiger partial charge in [0.25, 0.3) is 5.91 Å². The van der Waals surface area contributed by atoms with Crippen LogP contribution in [0, 0.1) is 0 Å². The summed E-state index contributed by atoms with van der Waals surface area (Å²) in [5.74, 6) is -1.09. The zero-order valence-electron chi connectivity index (χ0n) is 11.5. The van der Waals surface area contributed by atoms with Crippen molar-refractivity contribution in [2.24, 2.45) is 0 Å². The Kier molecular flexibility index (Phi) is 4.17. The molecule has 116 valence electrons. The van der Waals surface area contributed by atoms with E-state index in [4.69, 9.17) is 16.7 Å². The summed E-state index contributed by atoms with van der Waals surface area (Å²) >= 11 is 7.60. The maximum atomic E-state index is 12.3. The quantitative estimate of drug-likeness (QED) is 0.754. The van der Waals surface area contributed by atoms with Gasteiger partial charge in [0.05, 0.1) is 23.2 Å². The summed E-state index contributed by atoms with van der Waals surface area (Å²) in [5.41, 5.74) is 0.910. The molecule has 0 radical (unpaired) electrons. The van der Waals surface area contributed by atoms with Crippen LogP contribution in [0.25, 0.3) is 0 Å². The number of nitrogens with zero attached hydrogens (tertiary/aromatic N) is 1. The molecule has 0 aromatic carbocycles. The Balaban J connectivity index is 1.77. The lowest BCUT2D eigenvalue weighted by Gasteiger charge is -2.14. The molecule has 2 aromatic heterocycles. The zero-order chi connectivity index (χ0) is 15.7. The Bertz CT molecular complexity index is 694. The summed E-state index contributed by atoms with van der Waals surface area (Å²) in [7, 11) is 0. The van der Waals surface area contributed by atoms with Gasteiger partial charge in [-0.15, -0.1) is 11.3 Å². The highest BCUT2D eigenvalue weighted by Crippen LogP contribution is 2.42. The van der Waals surface area contributed by atoms with Crippen molar-refractivity contribution in [3.05, 3.63) is 38.8 Å². The topological polar surface area (TPSA) is 95.1 Å². The lowest BCUT2D eigenvalue weighted by molar-refractivity contribution is -0.137. The molecular formula is C14H14ClN3O3S. The Morgan fingerprint density at radius 1 is 1.55 bits per heavy atom. The van der Waals surface area contributed by atoms with E-state index in [1.807, 2.05) is 11.4 Å². The Labute approximate surface area is 135 Å². The van der Waals surface area contributed by atoms with Crippen LogP contribution in [0.2, 0.25) is 5.02 Å². The molecule has 1 saturated carbocycles. The largest absolute Gasteiger partial charge is 0.481 e. The van der Waals surface area contributed by atoms with Crippen LogP contribution >= 0.6 is 22.9 Å². The predicted octanol–water partition coefficient (Wildman–Crippen LogP) is 2.95. The molecule has 8 heteroatoms. The number of carboxylic acid groups (broad SMARTS) is 1. The summed E-state index contributed by atoms with van der Waals surface area (Å²) in [6.45, 7) is 0. The van der Waals surface area contributed by atoms with Gasteiger partial charge in [-0.3, -0.25) is 14.7 Å². The first kappa shape index (κ1) is 15.1. The first-order valence-electron chi connectivity index (χ1n) is 6.86. The van der Waals surface area contributed by atoms with Crippen LogP contribution in [0.1, 0.15) is 52.3 Å². The number of aliphatic carboxylic acids is 1. The summed E-state index contributed by atoms with van der Waals surface area (Å²) in [6.07, 6.45) is 1.89. The molecule has 6 nitrogen and oxygen atoms in total. The van der Waals surface area contributed by atoms with Gasteiger partial charge in [-0.25, -0.2) is 0 Å². The summed E-state index contributed by atoms with van der Waals surface area (Å²) in [6, 6.07) is 3.01. The SMILES string of the molecule is O=C(O)C[C@H](NC(=O)c1n[nH]c(C2CC2)c1Cl)c1cccs1. The minimum Gasteiger partial charge on any atom is -0.481 e. The van der Waals surface area contributed by atoms with Gasteiger partial charge in [0.2, 0.25) is 0 Å². The van der Waals surface area contributed by atoms with E-state index < -0.39 is 17.9 Å².